The lowest BCUT2D eigenvalue weighted by Gasteiger charge is -2.30. The predicted molar refractivity (Wildman–Crippen MR) is 95.0 cm³/mol. The Bertz CT molecular complexity index is 861. The molecule has 0 saturated carbocycles. The van der Waals surface area contributed by atoms with Gasteiger partial charge in [-0.05, 0) is 36.6 Å². The van der Waals surface area contributed by atoms with Crippen molar-refractivity contribution in [3.8, 4) is 11.1 Å². The summed E-state index contributed by atoms with van der Waals surface area (Å²) in [4.78, 5) is 15.4. The molecule has 1 N–H and O–H groups in total. The number of nitrogens with zero attached hydrogens (tertiary/aromatic N) is 2. The van der Waals surface area contributed by atoms with Crippen molar-refractivity contribution >= 4 is 16.0 Å². The first kappa shape index (κ1) is 17.6. The second-order valence-electron chi connectivity index (χ2n) is 6.31. The number of aromatic carboxylic acids is 1. The van der Waals surface area contributed by atoms with Crippen LogP contribution in [0, 0.1) is 0 Å². The first-order valence-electron chi connectivity index (χ1n) is 8.09. The zero-order chi connectivity index (χ0) is 18.0. The van der Waals surface area contributed by atoms with E-state index < -0.39 is 16.0 Å². The van der Waals surface area contributed by atoms with Crippen molar-refractivity contribution in [2.24, 2.45) is 0 Å². The fraction of sp³-hybridized carbons (Fsp3) is 0.333. The summed E-state index contributed by atoms with van der Waals surface area (Å²) in [7, 11) is -3.17. The van der Waals surface area contributed by atoms with Gasteiger partial charge in [0.1, 0.15) is 0 Å². The van der Waals surface area contributed by atoms with E-state index in [2.05, 4.69) is 4.98 Å². The molecule has 2 heterocycles. The van der Waals surface area contributed by atoms with Crippen LogP contribution in [0.4, 0.5) is 0 Å². The molecule has 1 saturated heterocycles. The van der Waals surface area contributed by atoms with E-state index in [0.29, 0.717) is 13.1 Å². The van der Waals surface area contributed by atoms with Crippen molar-refractivity contribution in [3.05, 3.63) is 53.9 Å². The Morgan fingerprint density at radius 1 is 1.16 bits per heavy atom. The SMILES string of the molecule is CS(=O)(=O)N1CCCC(c2ccc(-c3ccc(C(=O)O)cc3)cn2)C1. The number of carboxylic acid groups (broad SMARTS) is 1. The predicted octanol–water partition coefficient (Wildman–Crippen LogP) is 2.59. The largest absolute Gasteiger partial charge is 0.478 e. The molecule has 0 amide bonds. The molecule has 1 atom stereocenters. The van der Waals surface area contributed by atoms with E-state index in [1.807, 2.05) is 12.1 Å². The molecule has 132 valence electrons. The topological polar surface area (TPSA) is 87.6 Å². The minimum Gasteiger partial charge on any atom is -0.478 e. The second kappa shape index (κ2) is 6.93. The van der Waals surface area contributed by atoms with Crippen molar-refractivity contribution in [1.82, 2.24) is 9.29 Å². The Balaban J connectivity index is 1.77. The van der Waals surface area contributed by atoms with Gasteiger partial charge in [-0.3, -0.25) is 4.98 Å². The molecule has 6 nitrogen and oxygen atoms in total. The summed E-state index contributed by atoms with van der Waals surface area (Å²) >= 11 is 0. The zero-order valence-corrected chi connectivity index (χ0v) is 14.7. The molecule has 3 rings (SSSR count). The Morgan fingerprint density at radius 3 is 2.40 bits per heavy atom. The Labute approximate surface area is 147 Å². The molecule has 2 aromatic rings. The number of rotatable bonds is 4. The van der Waals surface area contributed by atoms with Crippen LogP contribution in [0.25, 0.3) is 11.1 Å². The number of carbonyl (C=O) groups is 1. The lowest BCUT2D eigenvalue weighted by atomic mass is 9.95. The summed E-state index contributed by atoms with van der Waals surface area (Å²) in [6.07, 6.45) is 4.75. The summed E-state index contributed by atoms with van der Waals surface area (Å²) in [6.45, 7) is 1.04. The molecule has 0 radical (unpaired) electrons. The third kappa shape index (κ3) is 4.05. The van der Waals surface area contributed by atoms with Crippen LogP contribution in [0.5, 0.6) is 0 Å². The monoisotopic (exact) mass is 360 g/mol. The Morgan fingerprint density at radius 2 is 1.84 bits per heavy atom. The van der Waals surface area contributed by atoms with Crippen molar-refractivity contribution < 1.29 is 18.3 Å². The Kier molecular flexibility index (Phi) is 4.87. The molecule has 0 bridgehead atoms. The van der Waals surface area contributed by atoms with Gasteiger partial charge in [-0.25, -0.2) is 17.5 Å². The van der Waals surface area contributed by atoms with Crippen LogP contribution < -0.4 is 0 Å². The van der Waals surface area contributed by atoms with Crippen molar-refractivity contribution in [1.29, 1.82) is 0 Å². The number of piperidine rings is 1. The van der Waals surface area contributed by atoms with Gasteiger partial charge in [-0.2, -0.15) is 0 Å². The molecule has 1 fully saturated rings. The summed E-state index contributed by atoms with van der Waals surface area (Å²) in [5.41, 5.74) is 2.93. The molecule has 1 aromatic carbocycles. The third-order valence-corrected chi connectivity index (χ3v) is 5.79. The highest BCUT2D eigenvalue weighted by molar-refractivity contribution is 7.88. The molecule has 25 heavy (non-hydrogen) atoms. The summed E-state index contributed by atoms with van der Waals surface area (Å²) in [6, 6.07) is 10.5. The Hall–Kier alpha value is -2.25. The number of benzene rings is 1. The van der Waals surface area contributed by atoms with E-state index in [1.54, 1.807) is 30.5 Å². The minimum atomic E-state index is -3.17. The van der Waals surface area contributed by atoms with E-state index in [4.69, 9.17) is 5.11 Å². The lowest BCUT2D eigenvalue weighted by Crippen LogP contribution is -2.38. The van der Waals surface area contributed by atoms with Gasteiger partial charge >= 0.3 is 5.97 Å². The van der Waals surface area contributed by atoms with Crippen LogP contribution in [0.2, 0.25) is 0 Å². The van der Waals surface area contributed by atoms with Gasteiger partial charge in [0.25, 0.3) is 0 Å². The molecule has 7 heteroatoms. The number of hydrogen-bond donors (Lipinski definition) is 1. The molecular weight excluding hydrogens is 340 g/mol. The van der Waals surface area contributed by atoms with E-state index in [1.165, 1.54) is 10.6 Å². The maximum Gasteiger partial charge on any atom is 0.335 e. The van der Waals surface area contributed by atoms with Gasteiger partial charge in [0.2, 0.25) is 10.0 Å². The highest BCUT2D eigenvalue weighted by Gasteiger charge is 2.27. The number of pyridine rings is 1. The van der Waals surface area contributed by atoms with E-state index >= 15 is 0 Å². The van der Waals surface area contributed by atoms with Crippen LogP contribution in [0.3, 0.4) is 0 Å². The standard InChI is InChI=1S/C18H20N2O4S/c1-25(23,24)20-10-2-3-16(12-20)17-9-8-15(11-19-17)13-4-6-14(7-5-13)18(21)22/h4-9,11,16H,2-3,10,12H2,1H3,(H,21,22). The minimum absolute atomic E-state index is 0.104. The highest BCUT2D eigenvalue weighted by Crippen LogP contribution is 2.28. The second-order valence-corrected chi connectivity index (χ2v) is 8.30. The van der Waals surface area contributed by atoms with Gasteiger partial charge < -0.3 is 5.11 Å². The maximum atomic E-state index is 11.7. The molecule has 1 aliphatic rings. The van der Waals surface area contributed by atoms with Gasteiger partial charge in [-0.1, -0.05) is 18.2 Å². The van der Waals surface area contributed by atoms with Crippen LogP contribution in [0.15, 0.2) is 42.6 Å². The maximum absolute atomic E-state index is 11.7. The van der Waals surface area contributed by atoms with Crippen LogP contribution >= 0.6 is 0 Å². The molecule has 1 aliphatic heterocycles. The fourth-order valence-corrected chi connectivity index (χ4v) is 4.02. The quantitative estimate of drug-likeness (QED) is 0.905. The van der Waals surface area contributed by atoms with Gasteiger partial charge in [0, 0.05) is 36.5 Å². The zero-order valence-electron chi connectivity index (χ0n) is 13.9. The molecule has 1 unspecified atom stereocenters. The smallest absolute Gasteiger partial charge is 0.335 e. The first-order valence-corrected chi connectivity index (χ1v) is 9.94. The summed E-state index contributed by atoms with van der Waals surface area (Å²) < 4.78 is 25.0. The fourth-order valence-electron chi connectivity index (χ4n) is 3.11. The third-order valence-electron chi connectivity index (χ3n) is 4.52. The normalized spacial score (nSPS) is 18.8. The van der Waals surface area contributed by atoms with Gasteiger partial charge in [-0.15, -0.1) is 0 Å². The van der Waals surface area contributed by atoms with Crippen molar-refractivity contribution in [2.75, 3.05) is 19.3 Å². The van der Waals surface area contributed by atoms with Gasteiger partial charge in [0.05, 0.1) is 11.8 Å². The van der Waals surface area contributed by atoms with E-state index in [9.17, 15) is 13.2 Å². The number of aromatic nitrogens is 1. The molecule has 0 spiro atoms. The van der Waals surface area contributed by atoms with Crippen molar-refractivity contribution in [2.45, 2.75) is 18.8 Å². The van der Waals surface area contributed by atoms with E-state index in [0.717, 1.165) is 29.7 Å². The highest BCUT2D eigenvalue weighted by atomic mass is 32.2. The first-order chi connectivity index (χ1) is 11.8. The lowest BCUT2D eigenvalue weighted by molar-refractivity contribution is 0.0697. The van der Waals surface area contributed by atoms with Gasteiger partial charge in [0.15, 0.2) is 0 Å². The summed E-state index contributed by atoms with van der Waals surface area (Å²) in [5.74, 6) is -0.848. The van der Waals surface area contributed by atoms with Crippen LogP contribution in [-0.2, 0) is 10.0 Å². The number of hydrogen-bond acceptors (Lipinski definition) is 4. The molecule has 1 aromatic heterocycles. The van der Waals surface area contributed by atoms with E-state index in [-0.39, 0.29) is 11.5 Å². The van der Waals surface area contributed by atoms with Crippen molar-refractivity contribution in [3.63, 3.8) is 0 Å². The molecule has 0 aliphatic carbocycles. The average molecular weight is 360 g/mol. The molecular formula is C18H20N2O4S. The van der Waals surface area contributed by atoms with Crippen LogP contribution in [0.1, 0.15) is 34.8 Å². The van der Waals surface area contributed by atoms with Crippen LogP contribution in [-0.4, -0.2) is 48.1 Å². The number of sulfonamides is 1. The number of carboxylic acids is 1. The average Bonchev–Trinajstić information content (AvgIpc) is 2.61. The summed E-state index contributed by atoms with van der Waals surface area (Å²) in [5, 5.41) is 8.95.